The van der Waals surface area contributed by atoms with Crippen LogP contribution in [-0.2, 0) is 16.1 Å². The smallest absolute Gasteiger partial charge is 0.243 e. The molecule has 30 heavy (non-hydrogen) atoms. The van der Waals surface area contributed by atoms with Crippen LogP contribution in [0.25, 0.3) is 0 Å². The molecular formula is C22H33N5O2S. The van der Waals surface area contributed by atoms with E-state index in [2.05, 4.69) is 34.1 Å². The van der Waals surface area contributed by atoms with Crippen LogP contribution in [0.15, 0.2) is 5.51 Å². The zero-order valence-electron chi connectivity index (χ0n) is 18.1. The van der Waals surface area contributed by atoms with Crippen molar-refractivity contribution in [3.63, 3.8) is 0 Å². The van der Waals surface area contributed by atoms with Gasteiger partial charge in [-0.2, -0.15) is 0 Å². The zero-order chi connectivity index (χ0) is 20.9. The second-order valence-corrected chi connectivity index (χ2v) is 10.7. The fraction of sp³-hybridized carbons (Fsp3) is 0.773. The van der Waals surface area contributed by atoms with Gasteiger partial charge >= 0.3 is 0 Å². The molecule has 2 amide bonds. The molecule has 1 aromatic heterocycles. The molecule has 1 saturated carbocycles. The molecule has 1 aliphatic carbocycles. The summed E-state index contributed by atoms with van der Waals surface area (Å²) in [6.45, 7) is 5.49. The van der Waals surface area contributed by atoms with E-state index >= 15 is 0 Å². The second kappa shape index (κ2) is 7.88. The quantitative estimate of drug-likeness (QED) is 0.787. The SMILES string of the molecule is Cc1ncsc1CN1CCC2(CC1)CC(=O)N1C[C@@H](N(C)C3CCC3)C[C@H]1C(=O)N2. The van der Waals surface area contributed by atoms with E-state index in [1.165, 1.54) is 24.1 Å². The first-order valence-electron chi connectivity index (χ1n) is 11.4. The molecule has 0 bridgehead atoms. The number of amides is 2. The van der Waals surface area contributed by atoms with E-state index in [9.17, 15) is 9.59 Å². The Morgan fingerprint density at radius 3 is 2.67 bits per heavy atom. The first kappa shape index (κ1) is 20.4. The van der Waals surface area contributed by atoms with Gasteiger partial charge in [0, 0.05) is 43.1 Å². The molecule has 8 heteroatoms. The lowest BCUT2D eigenvalue weighted by Crippen LogP contribution is -2.56. The average Bonchev–Trinajstić information content (AvgIpc) is 3.27. The molecule has 4 aliphatic rings. The molecule has 0 unspecified atom stereocenters. The number of carbonyl (C=O) groups is 2. The maximum atomic E-state index is 13.2. The largest absolute Gasteiger partial charge is 0.348 e. The summed E-state index contributed by atoms with van der Waals surface area (Å²) >= 11 is 1.71. The van der Waals surface area contributed by atoms with Crippen LogP contribution in [0.5, 0.6) is 0 Å². The van der Waals surface area contributed by atoms with Crippen molar-refractivity contribution in [1.29, 1.82) is 0 Å². The van der Waals surface area contributed by atoms with Crippen LogP contribution in [0.1, 0.15) is 55.5 Å². The Morgan fingerprint density at radius 2 is 2.03 bits per heavy atom. The topological polar surface area (TPSA) is 68.8 Å². The Hall–Kier alpha value is -1.51. The van der Waals surface area contributed by atoms with Crippen molar-refractivity contribution >= 4 is 23.2 Å². The van der Waals surface area contributed by atoms with Gasteiger partial charge in [0.1, 0.15) is 6.04 Å². The van der Waals surface area contributed by atoms with Crippen molar-refractivity contribution in [2.45, 2.75) is 82.1 Å². The van der Waals surface area contributed by atoms with Crippen LogP contribution in [-0.4, -0.2) is 81.8 Å². The summed E-state index contributed by atoms with van der Waals surface area (Å²) in [7, 11) is 2.17. The Bertz CT molecular complexity index is 786. The van der Waals surface area contributed by atoms with E-state index < -0.39 is 0 Å². The van der Waals surface area contributed by atoms with Gasteiger partial charge in [-0.15, -0.1) is 11.3 Å². The lowest BCUT2D eigenvalue weighted by atomic mass is 9.84. The Labute approximate surface area is 182 Å². The second-order valence-electron chi connectivity index (χ2n) is 9.79. The summed E-state index contributed by atoms with van der Waals surface area (Å²) < 4.78 is 0. The number of carbonyl (C=O) groups excluding carboxylic acids is 2. The molecule has 0 aromatic carbocycles. The van der Waals surface area contributed by atoms with Crippen LogP contribution in [0, 0.1) is 6.92 Å². The summed E-state index contributed by atoms with van der Waals surface area (Å²) in [5, 5.41) is 3.35. The molecule has 0 radical (unpaired) electrons. The van der Waals surface area contributed by atoms with E-state index in [-0.39, 0.29) is 23.4 Å². The van der Waals surface area contributed by atoms with Gasteiger partial charge in [-0.05, 0) is 46.1 Å². The van der Waals surface area contributed by atoms with Gasteiger partial charge in [0.25, 0.3) is 0 Å². The Morgan fingerprint density at radius 1 is 1.27 bits per heavy atom. The van der Waals surface area contributed by atoms with Crippen molar-refractivity contribution in [3.8, 4) is 0 Å². The summed E-state index contributed by atoms with van der Waals surface area (Å²) in [5.74, 6) is 0.228. The number of hydrogen-bond donors (Lipinski definition) is 1. The van der Waals surface area contributed by atoms with Gasteiger partial charge in [0.15, 0.2) is 0 Å². The summed E-state index contributed by atoms with van der Waals surface area (Å²) in [5.41, 5.74) is 2.65. The maximum Gasteiger partial charge on any atom is 0.243 e. The number of nitrogens with one attached hydrogen (secondary N) is 1. The first-order chi connectivity index (χ1) is 14.4. The van der Waals surface area contributed by atoms with Gasteiger partial charge < -0.3 is 10.2 Å². The molecule has 1 aromatic rings. The third kappa shape index (κ3) is 3.67. The Balaban J connectivity index is 1.22. The number of aromatic nitrogens is 1. The number of nitrogens with zero attached hydrogens (tertiary/aromatic N) is 4. The normalized spacial score (nSPS) is 29.8. The third-order valence-corrected chi connectivity index (χ3v) is 8.95. The minimum atomic E-state index is -0.368. The highest BCUT2D eigenvalue weighted by atomic mass is 32.1. The lowest BCUT2D eigenvalue weighted by molar-refractivity contribution is -0.135. The van der Waals surface area contributed by atoms with E-state index in [0.29, 0.717) is 25.0 Å². The Kier molecular flexibility index (Phi) is 5.35. The number of likely N-dealkylation sites (N-methyl/N-ethyl adjacent to an activating group) is 1. The predicted molar refractivity (Wildman–Crippen MR) is 116 cm³/mol. The number of fused-ring (bicyclic) bond motifs is 1. The highest BCUT2D eigenvalue weighted by molar-refractivity contribution is 7.09. The van der Waals surface area contributed by atoms with Crippen molar-refractivity contribution in [2.24, 2.45) is 0 Å². The fourth-order valence-electron chi connectivity index (χ4n) is 5.63. The molecule has 4 fully saturated rings. The van der Waals surface area contributed by atoms with E-state index in [1.54, 1.807) is 11.3 Å². The summed E-state index contributed by atoms with van der Waals surface area (Å²) in [4.78, 5) is 38.8. The molecule has 1 N–H and O–H groups in total. The van der Waals surface area contributed by atoms with Crippen LogP contribution < -0.4 is 5.32 Å². The highest BCUT2D eigenvalue weighted by Gasteiger charge is 2.50. The van der Waals surface area contributed by atoms with Gasteiger partial charge in [-0.3, -0.25) is 19.4 Å². The molecule has 3 saturated heterocycles. The fourth-order valence-corrected chi connectivity index (χ4v) is 6.45. The van der Waals surface area contributed by atoms with Gasteiger partial charge in [0.2, 0.25) is 11.8 Å². The van der Waals surface area contributed by atoms with Crippen molar-refractivity contribution in [3.05, 3.63) is 16.1 Å². The predicted octanol–water partition coefficient (Wildman–Crippen LogP) is 1.76. The van der Waals surface area contributed by atoms with Crippen molar-refractivity contribution in [1.82, 2.24) is 25.0 Å². The lowest BCUT2D eigenvalue weighted by Gasteiger charge is -2.41. The van der Waals surface area contributed by atoms with E-state index in [4.69, 9.17) is 0 Å². The molecule has 2 atom stereocenters. The first-order valence-corrected chi connectivity index (χ1v) is 12.3. The molecule has 3 aliphatic heterocycles. The number of aryl methyl sites for hydroxylation is 1. The van der Waals surface area contributed by atoms with Crippen LogP contribution in [0.4, 0.5) is 0 Å². The molecule has 7 nitrogen and oxygen atoms in total. The third-order valence-electron chi connectivity index (χ3n) is 8.03. The zero-order valence-corrected chi connectivity index (χ0v) is 18.9. The number of piperidine rings is 1. The van der Waals surface area contributed by atoms with Crippen molar-refractivity contribution < 1.29 is 9.59 Å². The van der Waals surface area contributed by atoms with Gasteiger partial charge in [-0.25, -0.2) is 4.98 Å². The standard InChI is InChI=1S/C22H33N5O2S/c1-15-19(30-14-23-15)13-26-8-6-22(7-9-26)11-20(28)27-12-17(10-18(27)21(29)24-22)25(2)16-4-3-5-16/h14,16-18H,3-13H2,1-2H3,(H,24,29)/t17-,18-/m0/s1. The summed E-state index contributed by atoms with van der Waals surface area (Å²) in [6, 6.07) is 0.658. The van der Waals surface area contributed by atoms with Crippen LogP contribution >= 0.6 is 11.3 Å². The molecule has 4 heterocycles. The molecular weight excluding hydrogens is 398 g/mol. The minimum Gasteiger partial charge on any atom is -0.348 e. The van der Waals surface area contributed by atoms with Crippen molar-refractivity contribution in [2.75, 3.05) is 26.7 Å². The highest BCUT2D eigenvalue weighted by Crippen LogP contribution is 2.35. The van der Waals surface area contributed by atoms with Crippen LogP contribution in [0.3, 0.4) is 0 Å². The van der Waals surface area contributed by atoms with Crippen LogP contribution in [0.2, 0.25) is 0 Å². The monoisotopic (exact) mass is 431 g/mol. The number of thiazole rings is 1. The molecule has 1 spiro atoms. The van der Waals surface area contributed by atoms with E-state index in [0.717, 1.165) is 44.6 Å². The molecule has 5 rings (SSSR count). The summed E-state index contributed by atoms with van der Waals surface area (Å²) in [6.07, 6.45) is 6.70. The number of rotatable bonds is 4. The van der Waals surface area contributed by atoms with Gasteiger partial charge in [0.05, 0.1) is 23.2 Å². The van der Waals surface area contributed by atoms with Gasteiger partial charge in [-0.1, -0.05) is 6.42 Å². The number of likely N-dealkylation sites (tertiary alicyclic amines) is 1. The minimum absolute atomic E-state index is 0.0668. The average molecular weight is 432 g/mol. The van der Waals surface area contributed by atoms with E-state index in [1.807, 2.05) is 10.4 Å². The number of hydrogen-bond acceptors (Lipinski definition) is 6. The maximum absolute atomic E-state index is 13.2. The molecule has 164 valence electrons.